The van der Waals surface area contributed by atoms with Crippen molar-refractivity contribution in [2.24, 2.45) is 0 Å². The second-order valence-corrected chi connectivity index (χ2v) is 0. The molecule has 0 unspecified atom stereocenters. The average molecular weight is 274 g/mol. The second kappa shape index (κ2) is 105. The normalized spacial score (nSPS) is 0. The summed E-state index contributed by atoms with van der Waals surface area (Å²) in [5, 5.41) is 0. The van der Waals surface area contributed by atoms with Gasteiger partial charge in [-0.25, -0.2) is 0 Å². The summed E-state index contributed by atoms with van der Waals surface area (Å²) in [5.74, 6) is 0. The van der Waals surface area contributed by atoms with Crippen molar-refractivity contribution < 1.29 is 43.0 Å². The number of hydrogen-bond acceptors (Lipinski definition) is 2. The van der Waals surface area contributed by atoms with Crippen LogP contribution in [0.25, 0.3) is 0 Å². The molecule has 0 amide bonds. The molecule has 2 N–H and O–H groups in total. The zero-order valence-corrected chi connectivity index (χ0v) is 7.17. The Morgan fingerprint density at radius 1 is 0.667 bits per heavy atom. The molecular formula is H2MgO4W-4. The van der Waals surface area contributed by atoms with E-state index in [2.05, 4.69) is 0 Å². The molecule has 6 heteroatoms. The van der Waals surface area contributed by atoms with Gasteiger partial charge in [-0.1, -0.05) is 0 Å². The maximum absolute atomic E-state index is 0. The quantitative estimate of drug-likeness (QED) is 0.528. The van der Waals surface area contributed by atoms with Gasteiger partial charge in [-0.3, -0.25) is 0 Å². The molecule has 0 fully saturated rings. The Morgan fingerprint density at radius 3 is 0.667 bits per heavy atom. The van der Waals surface area contributed by atoms with E-state index in [1.807, 2.05) is 0 Å². The van der Waals surface area contributed by atoms with Crippen LogP contribution in [0.15, 0.2) is 0 Å². The Labute approximate surface area is 65.9 Å². The van der Waals surface area contributed by atoms with E-state index in [4.69, 9.17) is 0 Å². The van der Waals surface area contributed by atoms with Gasteiger partial charge in [-0.15, -0.1) is 0 Å². The Morgan fingerprint density at radius 2 is 0.667 bits per heavy atom. The van der Waals surface area contributed by atoms with Crippen LogP contribution in [0.3, 0.4) is 0 Å². The smallest absolute Gasteiger partial charge is 2.00 e. The van der Waals surface area contributed by atoms with E-state index in [0.29, 0.717) is 0 Å². The SMILES string of the molecule is [Mg+2].[O-2].[O-2].[OH-].[OH-].[W]. The molecule has 0 atom stereocenters. The zero-order valence-electron chi connectivity index (χ0n) is 2.83. The van der Waals surface area contributed by atoms with Crippen molar-refractivity contribution in [2.45, 2.75) is 0 Å². The van der Waals surface area contributed by atoms with Gasteiger partial charge in [0.05, 0.1) is 0 Å². The summed E-state index contributed by atoms with van der Waals surface area (Å²) in [6.07, 6.45) is 0. The predicted molar refractivity (Wildman–Crippen MR) is 11.0 cm³/mol. The largest absolute Gasteiger partial charge is 2.00 e. The summed E-state index contributed by atoms with van der Waals surface area (Å²) < 4.78 is 0. The van der Waals surface area contributed by atoms with Crippen LogP contribution in [0.2, 0.25) is 0 Å². The maximum atomic E-state index is 0. The molecule has 38 valence electrons. The molecule has 0 spiro atoms. The van der Waals surface area contributed by atoms with Crippen LogP contribution < -0.4 is 0 Å². The van der Waals surface area contributed by atoms with Gasteiger partial charge in [0.25, 0.3) is 0 Å². The van der Waals surface area contributed by atoms with Crippen LogP contribution in [0, 0.1) is 0 Å². The van der Waals surface area contributed by atoms with Crippen LogP contribution in [-0.2, 0) is 32.0 Å². The van der Waals surface area contributed by atoms with Gasteiger partial charge < -0.3 is 21.9 Å². The minimum absolute atomic E-state index is 0. The van der Waals surface area contributed by atoms with Crippen molar-refractivity contribution in [2.75, 3.05) is 0 Å². The molecule has 0 radical (unpaired) electrons. The average Bonchev–Trinajstić information content (AvgIpc) is 0. The van der Waals surface area contributed by atoms with Crippen LogP contribution in [0.4, 0.5) is 0 Å². The molecule has 6 heavy (non-hydrogen) atoms. The van der Waals surface area contributed by atoms with Crippen molar-refractivity contribution in [1.29, 1.82) is 0 Å². The first-order valence-corrected chi connectivity index (χ1v) is 0. The molecule has 0 aromatic rings. The van der Waals surface area contributed by atoms with Crippen molar-refractivity contribution in [3.63, 3.8) is 0 Å². The van der Waals surface area contributed by atoms with Crippen LogP contribution in [-0.4, -0.2) is 34.0 Å². The molecule has 0 aliphatic carbocycles. The number of rotatable bonds is 0. The minimum atomic E-state index is 0. The first kappa shape index (κ1) is 172. The summed E-state index contributed by atoms with van der Waals surface area (Å²) in [4.78, 5) is 0. The minimum Gasteiger partial charge on any atom is -2.00 e. The summed E-state index contributed by atoms with van der Waals surface area (Å²) in [7, 11) is 0. The van der Waals surface area contributed by atoms with Crippen molar-refractivity contribution in [1.82, 2.24) is 0 Å². The van der Waals surface area contributed by atoms with Crippen LogP contribution in [0.5, 0.6) is 0 Å². The van der Waals surface area contributed by atoms with E-state index in [-0.39, 0.29) is 66.0 Å². The van der Waals surface area contributed by atoms with E-state index in [0.717, 1.165) is 0 Å². The Bertz CT molecular complexity index is 7.51. The van der Waals surface area contributed by atoms with Crippen molar-refractivity contribution in [3.05, 3.63) is 0 Å². The summed E-state index contributed by atoms with van der Waals surface area (Å²) in [5.41, 5.74) is 0. The Hall–Kier alpha value is 1.29. The van der Waals surface area contributed by atoms with E-state index < -0.39 is 0 Å². The summed E-state index contributed by atoms with van der Waals surface area (Å²) in [6, 6.07) is 0. The van der Waals surface area contributed by atoms with Gasteiger partial charge >= 0.3 is 23.1 Å². The predicted octanol–water partition coefficient (Wildman–Crippen LogP) is -0.974. The topological polar surface area (TPSA) is 117 Å². The molecule has 0 heterocycles. The zero-order chi connectivity index (χ0) is 0. The maximum Gasteiger partial charge on any atom is 2.00 e. The van der Waals surface area contributed by atoms with Gasteiger partial charge in [-0.2, -0.15) is 0 Å². The molecule has 0 saturated heterocycles. The van der Waals surface area contributed by atoms with E-state index in [1.165, 1.54) is 0 Å². The monoisotopic (exact) mass is 274 g/mol. The standard InChI is InChI=1S/Mg.2H2O.2O.W/h;2*1H2;;;/q+2;;;2*-2;/p-2. The second-order valence-electron chi connectivity index (χ2n) is 0. The van der Waals surface area contributed by atoms with Gasteiger partial charge in [0.15, 0.2) is 0 Å². The molecule has 0 aromatic heterocycles. The first-order valence-electron chi connectivity index (χ1n) is 0. The van der Waals surface area contributed by atoms with Gasteiger partial charge in [0, 0.05) is 21.1 Å². The van der Waals surface area contributed by atoms with Gasteiger partial charge in [0.1, 0.15) is 0 Å². The van der Waals surface area contributed by atoms with Gasteiger partial charge in [0.2, 0.25) is 0 Å². The summed E-state index contributed by atoms with van der Waals surface area (Å²) in [6.45, 7) is 0. The molecular weight excluding hydrogens is 272 g/mol. The Balaban J connectivity index is 0. The van der Waals surface area contributed by atoms with E-state index in [9.17, 15) is 0 Å². The summed E-state index contributed by atoms with van der Waals surface area (Å²) >= 11 is 0. The fraction of sp³-hybridized carbons (Fsp3) is 0. The molecule has 0 aromatic carbocycles. The third-order valence-electron chi connectivity index (χ3n) is 0. The molecule has 0 aliphatic rings. The third kappa shape index (κ3) is 58.3. The fourth-order valence-corrected chi connectivity index (χ4v) is 0. The third-order valence-corrected chi connectivity index (χ3v) is 0. The van der Waals surface area contributed by atoms with Crippen LogP contribution >= 0.6 is 0 Å². The first-order chi connectivity index (χ1) is 0. The van der Waals surface area contributed by atoms with E-state index >= 15 is 0 Å². The molecule has 0 aliphatic heterocycles. The molecule has 0 rings (SSSR count). The van der Waals surface area contributed by atoms with Crippen LogP contribution in [0.1, 0.15) is 0 Å². The van der Waals surface area contributed by atoms with Crippen molar-refractivity contribution >= 4 is 23.1 Å². The Kier molecular flexibility index (Phi) is 3030. The molecule has 0 bridgehead atoms. The molecule has 4 nitrogen and oxygen atoms in total. The van der Waals surface area contributed by atoms with E-state index in [1.54, 1.807) is 0 Å². The molecule has 0 saturated carbocycles. The fourth-order valence-electron chi connectivity index (χ4n) is 0. The van der Waals surface area contributed by atoms with Gasteiger partial charge in [-0.05, 0) is 0 Å². The number of hydrogen-bond donors (Lipinski definition) is 0. The van der Waals surface area contributed by atoms with Crippen molar-refractivity contribution in [3.8, 4) is 0 Å².